The Hall–Kier alpha value is -1.24. The summed E-state index contributed by atoms with van der Waals surface area (Å²) in [5.41, 5.74) is 0.530. The number of carbonyl (C=O) groups excluding carboxylic acids is 2. The molecule has 1 aromatic carbocycles. The number of benzene rings is 1. The minimum atomic E-state index is -0.646. The van der Waals surface area contributed by atoms with Crippen molar-refractivity contribution in [3.05, 3.63) is 34.9 Å². The second-order valence-electron chi connectivity index (χ2n) is 5.18. The Bertz CT molecular complexity index is 530. The average Bonchev–Trinajstić information content (AvgIpc) is 3.01. The number of nitrogens with one attached hydrogen (secondary N) is 2. The Kier molecular flexibility index (Phi) is 6.11. The van der Waals surface area contributed by atoms with E-state index in [0.717, 1.165) is 23.5 Å². The van der Waals surface area contributed by atoms with Crippen LogP contribution in [0.2, 0.25) is 5.02 Å². The summed E-state index contributed by atoms with van der Waals surface area (Å²) in [6, 6.07) is 7.08. The summed E-state index contributed by atoms with van der Waals surface area (Å²) in [5.74, 6) is 0.553. The number of rotatable bonds is 5. The van der Waals surface area contributed by atoms with E-state index in [4.69, 9.17) is 16.3 Å². The number of methoxy groups -OCH3 is 1. The summed E-state index contributed by atoms with van der Waals surface area (Å²) in [4.78, 5) is 23.6. The minimum absolute atomic E-state index is 0.286. The van der Waals surface area contributed by atoms with Crippen molar-refractivity contribution in [2.75, 3.05) is 25.2 Å². The van der Waals surface area contributed by atoms with E-state index in [1.54, 1.807) is 43.1 Å². The third kappa shape index (κ3) is 4.63. The Morgan fingerprint density at radius 2 is 1.95 bits per heavy atom. The first-order valence-corrected chi connectivity index (χ1v) is 8.51. The van der Waals surface area contributed by atoms with Gasteiger partial charge in [0.15, 0.2) is 0 Å². The first-order chi connectivity index (χ1) is 10.5. The lowest BCUT2D eigenvalue weighted by atomic mass is 10.0. The van der Waals surface area contributed by atoms with Crippen molar-refractivity contribution in [3.63, 3.8) is 0 Å². The van der Waals surface area contributed by atoms with Crippen LogP contribution in [0.15, 0.2) is 24.3 Å². The molecule has 0 bridgehead atoms. The Morgan fingerprint density at radius 1 is 1.27 bits per heavy atom. The molecule has 2 N–H and O–H groups in total. The highest BCUT2D eigenvalue weighted by Crippen LogP contribution is 2.30. The van der Waals surface area contributed by atoms with Crippen molar-refractivity contribution in [1.29, 1.82) is 0 Å². The van der Waals surface area contributed by atoms with E-state index < -0.39 is 11.8 Å². The van der Waals surface area contributed by atoms with E-state index >= 15 is 0 Å². The predicted molar refractivity (Wildman–Crippen MR) is 88.0 cm³/mol. The van der Waals surface area contributed by atoms with Gasteiger partial charge < -0.3 is 15.4 Å². The summed E-state index contributed by atoms with van der Waals surface area (Å²) >= 11 is 7.58. The van der Waals surface area contributed by atoms with Gasteiger partial charge in [-0.05, 0) is 29.9 Å². The highest BCUT2D eigenvalue weighted by atomic mass is 35.5. The molecule has 5 nitrogen and oxygen atoms in total. The highest BCUT2D eigenvalue weighted by Gasteiger charge is 2.35. The zero-order chi connectivity index (χ0) is 16.0. The van der Waals surface area contributed by atoms with Gasteiger partial charge in [0.1, 0.15) is 0 Å². The molecule has 22 heavy (non-hydrogen) atoms. The molecule has 1 heterocycles. The van der Waals surface area contributed by atoms with Crippen LogP contribution in [0, 0.1) is 0 Å². The van der Waals surface area contributed by atoms with Gasteiger partial charge in [-0.2, -0.15) is 11.8 Å². The SMILES string of the molecule is CO[C@@]1(CNC(=O)C(=O)NCc2ccc(Cl)cc2)CCSC1. The number of halogens is 1. The molecule has 0 aromatic heterocycles. The molecule has 0 saturated carbocycles. The van der Waals surface area contributed by atoms with Crippen LogP contribution in [-0.2, 0) is 20.9 Å². The molecular formula is C15H19ClN2O3S. The summed E-state index contributed by atoms with van der Waals surface area (Å²) in [6.45, 7) is 0.637. The van der Waals surface area contributed by atoms with Gasteiger partial charge in [-0.1, -0.05) is 23.7 Å². The zero-order valence-electron chi connectivity index (χ0n) is 12.4. The molecule has 1 aromatic rings. The molecule has 1 atom stereocenters. The van der Waals surface area contributed by atoms with Gasteiger partial charge in [-0.3, -0.25) is 9.59 Å². The second kappa shape index (κ2) is 7.85. The van der Waals surface area contributed by atoms with Gasteiger partial charge in [0, 0.05) is 31.0 Å². The Morgan fingerprint density at radius 3 is 2.55 bits per heavy atom. The molecule has 0 radical (unpaired) electrons. The fourth-order valence-electron chi connectivity index (χ4n) is 2.15. The van der Waals surface area contributed by atoms with E-state index in [-0.39, 0.29) is 12.1 Å². The van der Waals surface area contributed by atoms with Crippen LogP contribution in [0.3, 0.4) is 0 Å². The highest BCUT2D eigenvalue weighted by molar-refractivity contribution is 7.99. The maximum Gasteiger partial charge on any atom is 0.309 e. The van der Waals surface area contributed by atoms with Crippen LogP contribution < -0.4 is 10.6 Å². The lowest BCUT2D eigenvalue weighted by Crippen LogP contribution is -2.48. The lowest BCUT2D eigenvalue weighted by molar-refractivity contribution is -0.140. The fourth-order valence-corrected chi connectivity index (χ4v) is 3.67. The molecular weight excluding hydrogens is 324 g/mol. The topological polar surface area (TPSA) is 67.4 Å². The standard InChI is InChI=1S/C15H19ClN2O3S/c1-21-15(6-7-22-10-15)9-18-14(20)13(19)17-8-11-2-4-12(16)5-3-11/h2-5H,6-10H2,1H3,(H,17,19)(H,18,20)/t15-/m1/s1. The quantitative estimate of drug-likeness (QED) is 0.797. The van der Waals surface area contributed by atoms with Gasteiger partial charge in [-0.25, -0.2) is 0 Å². The monoisotopic (exact) mass is 342 g/mol. The van der Waals surface area contributed by atoms with Crippen LogP contribution in [0.4, 0.5) is 0 Å². The molecule has 120 valence electrons. The number of thioether (sulfide) groups is 1. The van der Waals surface area contributed by atoms with Gasteiger partial charge in [-0.15, -0.1) is 0 Å². The molecule has 1 aliphatic rings. The maximum atomic E-state index is 11.8. The van der Waals surface area contributed by atoms with Crippen molar-refractivity contribution >= 4 is 35.2 Å². The van der Waals surface area contributed by atoms with Crippen molar-refractivity contribution in [3.8, 4) is 0 Å². The Balaban J connectivity index is 1.77. The smallest absolute Gasteiger partial charge is 0.309 e. The normalized spacial score (nSPS) is 20.6. The van der Waals surface area contributed by atoms with E-state index in [2.05, 4.69) is 10.6 Å². The van der Waals surface area contributed by atoms with E-state index in [1.807, 2.05) is 0 Å². The van der Waals surface area contributed by atoms with Crippen molar-refractivity contribution in [2.24, 2.45) is 0 Å². The van der Waals surface area contributed by atoms with E-state index in [9.17, 15) is 9.59 Å². The van der Waals surface area contributed by atoms with Crippen LogP contribution in [0.5, 0.6) is 0 Å². The van der Waals surface area contributed by atoms with Gasteiger partial charge in [0.25, 0.3) is 0 Å². The maximum absolute atomic E-state index is 11.8. The van der Waals surface area contributed by atoms with Crippen molar-refractivity contribution in [1.82, 2.24) is 10.6 Å². The van der Waals surface area contributed by atoms with E-state index in [1.165, 1.54) is 0 Å². The second-order valence-corrected chi connectivity index (χ2v) is 6.72. The molecule has 1 aliphatic heterocycles. The first kappa shape index (κ1) is 17.1. The lowest BCUT2D eigenvalue weighted by Gasteiger charge is -2.26. The molecule has 1 fully saturated rings. The van der Waals surface area contributed by atoms with Crippen molar-refractivity contribution < 1.29 is 14.3 Å². The number of hydrogen-bond acceptors (Lipinski definition) is 4. The fraction of sp³-hybridized carbons (Fsp3) is 0.467. The minimum Gasteiger partial charge on any atom is -0.376 e. The number of ether oxygens (including phenoxy) is 1. The number of amides is 2. The summed E-state index contributed by atoms with van der Waals surface area (Å²) in [6.07, 6.45) is 0.876. The largest absolute Gasteiger partial charge is 0.376 e. The number of hydrogen-bond donors (Lipinski definition) is 2. The number of carbonyl (C=O) groups is 2. The third-order valence-corrected chi connectivity index (χ3v) is 5.12. The average molecular weight is 343 g/mol. The molecule has 0 spiro atoms. The first-order valence-electron chi connectivity index (χ1n) is 6.98. The molecule has 1 saturated heterocycles. The van der Waals surface area contributed by atoms with Crippen LogP contribution in [-0.4, -0.2) is 42.6 Å². The molecule has 7 heteroatoms. The zero-order valence-corrected chi connectivity index (χ0v) is 13.9. The summed E-state index contributed by atoms with van der Waals surface area (Å²) < 4.78 is 5.49. The molecule has 0 aliphatic carbocycles. The van der Waals surface area contributed by atoms with Crippen LogP contribution in [0.25, 0.3) is 0 Å². The van der Waals surface area contributed by atoms with Gasteiger partial charge in [0.2, 0.25) is 0 Å². The summed E-state index contributed by atoms with van der Waals surface area (Å²) in [7, 11) is 1.64. The Labute approximate surface area is 139 Å². The molecule has 0 unspecified atom stereocenters. The van der Waals surface area contributed by atoms with Gasteiger partial charge >= 0.3 is 11.8 Å². The predicted octanol–water partition coefficient (Wildman–Crippen LogP) is 1.59. The van der Waals surface area contributed by atoms with Crippen molar-refractivity contribution in [2.45, 2.75) is 18.6 Å². The molecule has 2 rings (SSSR count). The van der Waals surface area contributed by atoms with Crippen LogP contribution in [0.1, 0.15) is 12.0 Å². The molecule has 2 amide bonds. The third-order valence-electron chi connectivity index (χ3n) is 3.64. The van der Waals surface area contributed by atoms with Crippen LogP contribution >= 0.6 is 23.4 Å². The summed E-state index contributed by atoms with van der Waals surface area (Å²) in [5, 5.41) is 5.87. The van der Waals surface area contributed by atoms with E-state index in [0.29, 0.717) is 11.6 Å². The van der Waals surface area contributed by atoms with Gasteiger partial charge in [0.05, 0.1) is 5.60 Å².